The fourth-order valence-corrected chi connectivity index (χ4v) is 3.63. The lowest BCUT2D eigenvalue weighted by atomic mass is 10.0. The van der Waals surface area contributed by atoms with Crippen LogP contribution >= 0.6 is 23.2 Å². The van der Waals surface area contributed by atoms with Gasteiger partial charge in [-0.25, -0.2) is 14.6 Å². The second-order valence-corrected chi connectivity index (χ2v) is 7.32. The predicted molar refractivity (Wildman–Crippen MR) is 116 cm³/mol. The topological polar surface area (TPSA) is 103 Å². The molecule has 0 unspecified atom stereocenters. The van der Waals surface area contributed by atoms with Crippen molar-refractivity contribution in [3.8, 4) is 11.3 Å². The SMILES string of the molecule is CCOC(=O)c1nccn1Cc1cc(=O)c(C(=O)O)c(-c2ccc(Cl)c(Cl)c2)n1CC. The van der Waals surface area contributed by atoms with Crippen LogP contribution in [0.4, 0.5) is 0 Å². The molecule has 2 heterocycles. The number of carboxylic acids is 1. The number of carbonyl (C=O) groups is 2. The van der Waals surface area contributed by atoms with Gasteiger partial charge in [0.05, 0.1) is 28.9 Å². The van der Waals surface area contributed by atoms with E-state index >= 15 is 0 Å². The van der Waals surface area contributed by atoms with Crippen LogP contribution in [-0.2, 0) is 17.8 Å². The van der Waals surface area contributed by atoms with Gasteiger partial charge in [0.25, 0.3) is 0 Å². The summed E-state index contributed by atoms with van der Waals surface area (Å²) in [7, 11) is 0. The molecule has 0 bridgehead atoms. The summed E-state index contributed by atoms with van der Waals surface area (Å²) in [5, 5.41) is 10.3. The zero-order chi connectivity index (χ0) is 22.7. The molecule has 0 atom stereocenters. The molecular weight excluding hydrogens is 445 g/mol. The molecule has 0 spiro atoms. The van der Waals surface area contributed by atoms with E-state index in [-0.39, 0.29) is 35.3 Å². The maximum atomic E-state index is 12.8. The lowest BCUT2D eigenvalue weighted by Crippen LogP contribution is -2.25. The number of hydrogen-bond acceptors (Lipinski definition) is 5. The first-order chi connectivity index (χ1) is 14.8. The lowest BCUT2D eigenvalue weighted by Gasteiger charge is -2.20. The van der Waals surface area contributed by atoms with Gasteiger partial charge in [-0.1, -0.05) is 29.3 Å². The van der Waals surface area contributed by atoms with Gasteiger partial charge in [0.1, 0.15) is 5.56 Å². The maximum Gasteiger partial charge on any atom is 0.374 e. The molecule has 0 aliphatic heterocycles. The van der Waals surface area contributed by atoms with Gasteiger partial charge in [-0.2, -0.15) is 0 Å². The standard InChI is InChI=1S/C21H19Cl2N3O5/c1-3-26-13(11-25-8-7-24-19(25)21(30)31-4-2)10-16(27)17(20(28)29)18(26)12-5-6-14(22)15(23)9-12/h5-10H,3-4,11H2,1-2H3,(H,28,29). The van der Waals surface area contributed by atoms with E-state index in [1.807, 2.05) is 6.92 Å². The lowest BCUT2D eigenvalue weighted by molar-refractivity contribution is 0.0506. The van der Waals surface area contributed by atoms with Crippen molar-refractivity contribution >= 4 is 35.1 Å². The van der Waals surface area contributed by atoms with E-state index < -0.39 is 17.4 Å². The monoisotopic (exact) mass is 463 g/mol. The third-order valence-electron chi connectivity index (χ3n) is 4.63. The van der Waals surface area contributed by atoms with Crippen LogP contribution in [0.1, 0.15) is 40.5 Å². The highest BCUT2D eigenvalue weighted by Gasteiger charge is 2.23. The number of hydrogen-bond donors (Lipinski definition) is 1. The highest BCUT2D eigenvalue weighted by Crippen LogP contribution is 2.30. The van der Waals surface area contributed by atoms with Crippen molar-refractivity contribution in [3.05, 3.63) is 74.0 Å². The fourth-order valence-electron chi connectivity index (χ4n) is 3.34. The molecule has 3 rings (SSSR count). The number of halogens is 2. The van der Waals surface area contributed by atoms with Crippen molar-refractivity contribution in [3.63, 3.8) is 0 Å². The Morgan fingerprint density at radius 2 is 1.90 bits per heavy atom. The Kier molecular flexibility index (Phi) is 6.82. The quantitative estimate of drug-likeness (QED) is 0.531. The van der Waals surface area contributed by atoms with Crippen LogP contribution in [0.3, 0.4) is 0 Å². The van der Waals surface area contributed by atoms with Gasteiger partial charge in [-0.05, 0) is 26.0 Å². The smallest absolute Gasteiger partial charge is 0.374 e. The highest BCUT2D eigenvalue weighted by atomic mass is 35.5. The van der Waals surface area contributed by atoms with Crippen molar-refractivity contribution in [2.24, 2.45) is 0 Å². The first kappa shape index (κ1) is 22.6. The van der Waals surface area contributed by atoms with Gasteiger partial charge in [0.2, 0.25) is 5.82 Å². The largest absolute Gasteiger partial charge is 0.477 e. The average molecular weight is 464 g/mol. The van der Waals surface area contributed by atoms with E-state index in [0.29, 0.717) is 22.8 Å². The molecule has 0 aliphatic carbocycles. The molecule has 162 valence electrons. The molecule has 1 aromatic carbocycles. The zero-order valence-corrected chi connectivity index (χ0v) is 18.3. The Bertz CT molecular complexity index is 1220. The van der Waals surface area contributed by atoms with E-state index in [0.717, 1.165) is 0 Å². The Labute approximate surface area is 187 Å². The summed E-state index contributed by atoms with van der Waals surface area (Å²) in [5.41, 5.74) is 0.0890. The number of nitrogens with zero attached hydrogens (tertiary/aromatic N) is 3. The van der Waals surface area contributed by atoms with Crippen molar-refractivity contribution in [1.82, 2.24) is 14.1 Å². The van der Waals surface area contributed by atoms with Crippen molar-refractivity contribution in [2.45, 2.75) is 26.9 Å². The second kappa shape index (κ2) is 9.36. The normalized spacial score (nSPS) is 10.8. The summed E-state index contributed by atoms with van der Waals surface area (Å²) in [5.74, 6) is -1.87. The van der Waals surface area contributed by atoms with Crippen LogP contribution in [0, 0.1) is 0 Å². The predicted octanol–water partition coefficient (Wildman–Crippen LogP) is 3.96. The number of imidazole rings is 1. The van der Waals surface area contributed by atoms with Gasteiger partial charge in [-0.3, -0.25) is 4.79 Å². The number of aromatic carboxylic acids is 1. The van der Waals surface area contributed by atoms with Crippen molar-refractivity contribution in [1.29, 1.82) is 0 Å². The second-order valence-electron chi connectivity index (χ2n) is 6.50. The van der Waals surface area contributed by atoms with E-state index in [4.69, 9.17) is 27.9 Å². The zero-order valence-electron chi connectivity index (χ0n) is 16.8. The van der Waals surface area contributed by atoms with Crippen molar-refractivity contribution in [2.75, 3.05) is 6.61 Å². The van der Waals surface area contributed by atoms with Crippen LogP contribution in [0.5, 0.6) is 0 Å². The molecular formula is C21H19Cl2N3O5. The third kappa shape index (κ3) is 4.50. The number of rotatable bonds is 7. The molecule has 0 fully saturated rings. The Balaban J connectivity index is 2.22. The molecule has 1 N–H and O–H groups in total. The number of carboxylic acid groups (broad SMARTS) is 1. The first-order valence-corrected chi connectivity index (χ1v) is 10.2. The fraction of sp³-hybridized carbons (Fsp3) is 0.238. The van der Waals surface area contributed by atoms with E-state index in [9.17, 15) is 19.5 Å². The summed E-state index contributed by atoms with van der Waals surface area (Å²) in [6.07, 6.45) is 3.03. The summed E-state index contributed by atoms with van der Waals surface area (Å²) in [6, 6.07) is 5.91. The molecule has 10 heteroatoms. The molecule has 31 heavy (non-hydrogen) atoms. The first-order valence-electron chi connectivity index (χ1n) is 9.42. The summed E-state index contributed by atoms with van der Waals surface area (Å²) in [6.45, 7) is 4.16. The molecule has 0 saturated carbocycles. The molecule has 0 amide bonds. The molecule has 0 aliphatic rings. The molecule has 2 aromatic heterocycles. The minimum absolute atomic E-state index is 0.0790. The molecule has 3 aromatic rings. The van der Waals surface area contributed by atoms with Gasteiger partial charge in [0, 0.05) is 36.3 Å². The summed E-state index contributed by atoms with van der Waals surface area (Å²) in [4.78, 5) is 40.9. The van der Waals surface area contributed by atoms with Crippen LogP contribution in [0.2, 0.25) is 10.0 Å². The van der Waals surface area contributed by atoms with E-state index in [1.54, 1.807) is 23.8 Å². The number of ether oxygens (including phenoxy) is 1. The summed E-state index contributed by atoms with van der Waals surface area (Å²) >= 11 is 12.1. The van der Waals surface area contributed by atoms with Gasteiger partial charge in [-0.15, -0.1) is 0 Å². The highest BCUT2D eigenvalue weighted by molar-refractivity contribution is 6.42. The van der Waals surface area contributed by atoms with Crippen molar-refractivity contribution < 1.29 is 19.4 Å². The number of pyridine rings is 1. The third-order valence-corrected chi connectivity index (χ3v) is 5.37. The number of carbonyl (C=O) groups excluding carboxylic acids is 1. The van der Waals surface area contributed by atoms with E-state index in [1.165, 1.54) is 29.0 Å². The van der Waals surface area contributed by atoms with Gasteiger partial charge in [0.15, 0.2) is 5.43 Å². The number of benzene rings is 1. The van der Waals surface area contributed by atoms with E-state index in [2.05, 4.69) is 4.98 Å². The minimum atomic E-state index is -1.35. The molecule has 8 nitrogen and oxygen atoms in total. The van der Waals surface area contributed by atoms with Crippen LogP contribution in [0.25, 0.3) is 11.3 Å². The Morgan fingerprint density at radius 3 is 2.52 bits per heavy atom. The van der Waals surface area contributed by atoms with Gasteiger partial charge >= 0.3 is 11.9 Å². The number of esters is 1. The Morgan fingerprint density at radius 1 is 1.16 bits per heavy atom. The average Bonchev–Trinajstić information content (AvgIpc) is 3.17. The van der Waals surface area contributed by atoms with Gasteiger partial charge < -0.3 is 19.0 Å². The minimum Gasteiger partial charge on any atom is -0.477 e. The van der Waals surface area contributed by atoms with Crippen LogP contribution in [0.15, 0.2) is 41.5 Å². The van der Waals surface area contributed by atoms with Crippen LogP contribution in [-0.4, -0.2) is 37.8 Å². The Hall–Kier alpha value is -3.10. The molecule has 0 saturated heterocycles. The molecule has 0 radical (unpaired) electrons. The number of aromatic nitrogens is 3. The summed E-state index contributed by atoms with van der Waals surface area (Å²) < 4.78 is 8.25. The maximum absolute atomic E-state index is 12.8. The van der Waals surface area contributed by atoms with Crippen LogP contribution < -0.4 is 5.43 Å².